The largest absolute Gasteiger partial charge is 0.397 e. The van der Waals surface area contributed by atoms with E-state index in [9.17, 15) is 9.59 Å². The van der Waals surface area contributed by atoms with Gasteiger partial charge in [-0.15, -0.1) is 11.3 Å². The number of nitrogens with one attached hydrogen (secondary N) is 1. The molecule has 7 nitrogen and oxygen atoms in total. The summed E-state index contributed by atoms with van der Waals surface area (Å²) in [6.45, 7) is 5.81. The minimum atomic E-state index is -0.668. The van der Waals surface area contributed by atoms with Crippen molar-refractivity contribution in [2.24, 2.45) is 11.5 Å². The molecular weight excluding hydrogens is 290 g/mol. The number of hydrogen-bond acceptors (Lipinski definition) is 6. The van der Waals surface area contributed by atoms with Crippen LogP contribution in [0.4, 0.5) is 10.7 Å². The lowest BCUT2D eigenvalue weighted by Gasteiger charge is -2.20. The van der Waals surface area contributed by atoms with Crippen molar-refractivity contribution in [1.82, 2.24) is 4.90 Å². The van der Waals surface area contributed by atoms with Crippen LogP contribution in [-0.4, -0.2) is 42.9 Å². The monoisotopic (exact) mass is 313 g/mol. The fraction of sp³-hybridized carbons (Fsp3) is 0.538. The minimum absolute atomic E-state index is 0.0572. The normalized spacial score (nSPS) is 11.1. The Balaban J connectivity index is 2.73. The summed E-state index contributed by atoms with van der Waals surface area (Å²) in [5.41, 5.74) is 16.5. The second-order valence-corrected chi connectivity index (χ2v) is 6.15. The van der Waals surface area contributed by atoms with Gasteiger partial charge in [-0.25, -0.2) is 0 Å². The Morgan fingerprint density at radius 2 is 1.90 bits per heavy atom. The SMILES string of the molecule is CC(C)N(C)CCCNc1sc(C(N)=O)c(N)c1C(N)=O. The molecule has 0 aromatic carbocycles. The zero-order valence-corrected chi connectivity index (χ0v) is 13.4. The molecule has 0 saturated carbocycles. The summed E-state index contributed by atoms with van der Waals surface area (Å²) < 4.78 is 0. The lowest BCUT2D eigenvalue weighted by Crippen LogP contribution is -2.28. The standard InChI is InChI=1S/C13H23N5O2S/c1-7(2)18(3)6-4-5-17-13-8(11(15)19)9(14)10(21-13)12(16)20/h7,17H,4-6,14H2,1-3H3,(H2,15,19)(H2,16,20). The predicted molar refractivity (Wildman–Crippen MR) is 86.6 cm³/mol. The van der Waals surface area contributed by atoms with Crippen LogP contribution >= 0.6 is 11.3 Å². The third kappa shape index (κ3) is 4.33. The van der Waals surface area contributed by atoms with Gasteiger partial charge in [-0.1, -0.05) is 0 Å². The number of amides is 2. The first kappa shape index (κ1) is 17.3. The van der Waals surface area contributed by atoms with Gasteiger partial charge in [0.1, 0.15) is 9.88 Å². The summed E-state index contributed by atoms with van der Waals surface area (Å²) in [6, 6.07) is 0.477. The van der Waals surface area contributed by atoms with Gasteiger partial charge in [0.05, 0.1) is 11.3 Å². The van der Waals surface area contributed by atoms with Crippen LogP contribution in [0.3, 0.4) is 0 Å². The molecule has 118 valence electrons. The number of nitrogens with zero attached hydrogens (tertiary/aromatic N) is 1. The Hall–Kier alpha value is -1.80. The summed E-state index contributed by atoms with van der Waals surface area (Å²) in [7, 11) is 2.05. The highest BCUT2D eigenvalue weighted by Crippen LogP contribution is 2.35. The average Bonchev–Trinajstić information content (AvgIpc) is 2.71. The molecule has 21 heavy (non-hydrogen) atoms. The minimum Gasteiger partial charge on any atom is -0.397 e. The number of nitrogens with two attached hydrogens (primary N) is 3. The van der Waals surface area contributed by atoms with Crippen LogP contribution in [0.2, 0.25) is 0 Å². The lowest BCUT2D eigenvalue weighted by molar-refractivity contribution is 0.0999. The van der Waals surface area contributed by atoms with Crippen molar-refractivity contribution in [1.29, 1.82) is 0 Å². The van der Waals surface area contributed by atoms with Gasteiger partial charge in [-0.05, 0) is 33.9 Å². The summed E-state index contributed by atoms with van der Waals surface area (Å²) >= 11 is 1.06. The first-order chi connectivity index (χ1) is 9.75. The Morgan fingerprint density at radius 1 is 1.29 bits per heavy atom. The number of carbonyl (C=O) groups excluding carboxylic acids is 2. The van der Waals surface area contributed by atoms with Crippen molar-refractivity contribution < 1.29 is 9.59 Å². The maximum absolute atomic E-state index is 11.5. The number of rotatable bonds is 8. The molecule has 1 rings (SSSR count). The average molecular weight is 313 g/mol. The molecule has 1 aromatic rings. The smallest absolute Gasteiger partial charge is 0.260 e. The molecular formula is C13H23N5O2S. The molecule has 0 aliphatic carbocycles. The second kappa shape index (κ2) is 7.28. The maximum atomic E-state index is 11.5. The summed E-state index contributed by atoms with van der Waals surface area (Å²) in [6.07, 6.45) is 0.886. The second-order valence-electron chi connectivity index (χ2n) is 5.13. The van der Waals surface area contributed by atoms with Crippen LogP contribution < -0.4 is 22.5 Å². The fourth-order valence-electron chi connectivity index (χ4n) is 1.78. The molecule has 1 aromatic heterocycles. The highest BCUT2D eigenvalue weighted by atomic mass is 32.1. The molecule has 0 radical (unpaired) electrons. The molecule has 2 amide bonds. The maximum Gasteiger partial charge on any atom is 0.260 e. The highest BCUT2D eigenvalue weighted by Gasteiger charge is 2.22. The zero-order valence-electron chi connectivity index (χ0n) is 12.6. The highest BCUT2D eigenvalue weighted by molar-refractivity contribution is 7.19. The Labute approximate surface area is 128 Å². The van der Waals surface area contributed by atoms with E-state index in [-0.39, 0.29) is 16.1 Å². The molecule has 0 aliphatic rings. The molecule has 0 atom stereocenters. The van der Waals surface area contributed by atoms with E-state index in [1.54, 1.807) is 0 Å². The van der Waals surface area contributed by atoms with Gasteiger partial charge in [0, 0.05) is 12.6 Å². The van der Waals surface area contributed by atoms with Gasteiger partial charge < -0.3 is 27.4 Å². The number of anilines is 2. The molecule has 0 bridgehead atoms. The molecule has 0 unspecified atom stereocenters. The quantitative estimate of drug-likeness (QED) is 0.524. The first-order valence-electron chi connectivity index (χ1n) is 6.71. The molecule has 0 spiro atoms. The summed E-state index contributed by atoms with van der Waals surface area (Å²) in [4.78, 5) is 25.1. The van der Waals surface area contributed by atoms with Gasteiger partial charge in [0.25, 0.3) is 11.8 Å². The number of primary amides is 2. The van der Waals surface area contributed by atoms with Gasteiger partial charge >= 0.3 is 0 Å². The third-order valence-electron chi connectivity index (χ3n) is 3.27. The van der Waals surface area contributed by atoms with Crippen molar-refractivity contribution in [2.45, 2.75) is 26.3 Å². The van der Waals surface area contributed by atoms with Crippen molar-refractivity contribution >= 4 is 33.8 Å². The van der Waals surface area contributed by atoms with Crippen molar-refractivity contribution in [2.75, 3.05) is 31.2 Å². The van der Waals surface area contributed by atoms with Gasteiger partial charge in [0.2, 0.25) is 0 Å². The summed E-state index contributed by atoms with van der Waals surface area (Å²) in [5.74, 6) is -1.33. The van der Waals surface area contributed by atoms with Crippen LogP contribution in [0.25, 0.3) is 0 Å². The van der Waals surface area contributed by atoms with E-state index in [0.717, 1.165) is 24.3 Å². The molecule has 7 N–H and O–H groups in total. The number of hydrogen-bond donors (Lipinski definition) is 4. The van der Waals surface area contributed by atoms with Gasteiger partial charge in [0.15, 0.2) is 0 Å². The van der Waals surface area contributed by atoms with E-state index in [2.05, 4.69) is 24.1 Å². The molecule has 8 heteroatoms. The molecule has 0 fully saturated rings. The number of thiophene rings is 1. The van der Waals surface area contributed by atoms with E-state index in [1.165, 1.54) is 0 Å². The topological polar surface area (TPSA) is 127 Å². The van der Waals surface area contributed by atoms with Gasteiger partial charge in [-0.3, -0.25) is 9.59 Å². The van der Waals surface area contributed by atoms with Crippen molar-refractivity contribution in [3.63, 3.8) is 0 Å². The zero-order chi connectivity index (χ0) is 16.2. The summed E-state index contributed by atoms with van der Waals surface area (Å²) in [5, 5.41) is 3.61. The van der Waals surface area contributed by atoms with E-state index < -0.39 is 11.8 Å². The lowest BCUT2D eigenvalue weighted by atomic mass is 10.2. The van der Waals surface area contributed by atoms with E-state index >= 15 is 0 Å². The number of carbonyl (C=O) groups is 2. The van der Waals surface area contributed by atoms with Crippen LogP contribution in [-0.2, 0) is 0 Å². The predicted octanol–water partition coefficient (Wildman–Crippen LogP) is 0.670. The molecule has 0 aliphatic heterocycles. The van der Waals surface area contributed by atoms with Crippen LogP contribution in [0.1, 0.15) is 40.3 Å². The Morgan fingerprint density at radius 3 is 2.38 bits per heavy atom. The Bertz CT molecular complexity index is 527. The van der Waals surface area contributed by atoms with E-state index in [1.807, 2.05) is 7.05 Å². The molecule has 0 saturated heterocycles. The van der Waals surface area contributed by atoms with Crippen molar-refractivity contribution in [3.8, 4) is 0 Å². The van der Waals surface area contributed by atoms with Crippen LogP contribution in [0.5, 0.6) is 0 Å². The third-order valence-corrected chi connectivity index (χ3v) is 4.45. The first-order valence-corrected chi connectivity index (χ1v) is 7.53. The van der Waals surface area contributed by atoms with Crippen LogP contribution in [0, 0.1) is 0 Å². The molecule has 1 heterocycles. The van der Waals surface area contributed by atoms with Gasteiger partial charge in [-0.2, -0.15) is 0 Å². The fourth-order valence-corrected chi connectivity index (χ4v) is 2.79. The Kier molecular flexibility index (Phi) is 5.98. The number of nitrogen functional groups attached to an aromatic ring is 1. The van der Waals surface area contributed by atoms with E-state index in [0.29, 0.717) is 17.6 Å². The van der Waals surface area contributed by atoms with Crippen LogP contribution in [0.15, 0.2) is 0 Å². The van der Waals surface area contributed by atoms with E-state index in [4.69, 9.17) is 17.2 Å². The van der Waals surface area contributed by atoms with Crippen molar-refractivity contribution in [3.05, 3.63) is 10.4 Å².